The van der Waals surface area contributed by atoms with Gasteiger partial charge < -0.3 is 14.6 Å². The van der Waals surface area contributed by atoms with E-state index in [9.17, 15) is 32.2 Å². The van der Waals surface area contributed by atoms with Crippen LogP contribution in [-0.2, 0) is 16.1 Å². The van der Waals surface area contributed by atoms with Crippen molar-refractivity contribution >= 4 is 22.4 Å². The maximum Gasteiger partial charge on any atom is 0.304 e. The summed E-state index contributed by atoms with van der Waals surface area (Å²) in [5.74, 6) is -2.66. The Morgan fingerprint density at radius 1 is 1.09 bits per heavy atom. The predicted octanol–water partition coefficient (Wildman–Crippen LogP) is 6.50. The molecule has 4 aromatic rings. The number of halogens is 3. The molecule has 1 atom stereocenters. The summed E-state index contributed by atoms with van der Waals surface area (Å²) in [5.41, 5.74) is 2.66. The zero-order valence-electron chi connectivity index (χ0n) is 24.6. The van der Waals surface area contributed by atoms with E-state index in [1.54, 1.807) is 19.1 Å². The van der Waals surface area contributed by atoms with Crippen LogP contribution < -0.4 is 4.74 Å². The van der Waals surface area contributed by atoms with Crippen LogP contribution in [0.2, 0.25) is 0 Å². The first-order valence-corrected chi connectivity index (χ1v) is 15.9. The van der Waals surface area contributed by atoms with Gasteiger partial charge in [-0.15, -0.1) is 21.0 Å². The minimum absolute atomic E-state index is 0.0381. The summed E-state index contributed by atoms with van der Waals surface area (Å²) < 4.78 is 79.3. The molecule has 0 bridgehead atoms. The fraction of sp³-hybridized carbons (Fsp3) is 0.387. The van der Waals surface area contributed by atoms with Gasteiger partial charge in [-0.3, -0.25) is 18.3 Å². The fourth-order valence-corrected chi connectivity index (χ4v) is 7.90. The highest BCUT2D eigenvalue weighted by Gasteiger charge is 2.45. The second-order valence-electron chi connectivity index (χ2n) is 11.6. The third-order valence-corrected chi connectivity index (χ3v) is 10.6. The number of benzene rings is 2. The second kappa shape index (κ2) is 11.9. The molecule has 1 unspecified atom stereocenters. The Labute approximate surface area is 258 Å². The molecular weight excluding hydrogens is 613 g/mol. The van der Waals surface area contributed by atoms with Crippen molar-refractivity contribution in [2.75, 3.05) is 19.8 Å². The SMILES string of the molecule is Cc1ccc(C(CC(=O)O)c2ccn3c(C(F)F)nnc3c2C)cc1CN1CC2(CCOCC2)Oc2ccc(F)cc2S1(O)O. The third kappa shape index (κ3) is 5.88. The minimum atomic E-state index is -3.72. The molecule has 1 fully saturated rings. The number of alkyl halides is 2. The smallest absolute Gasteiger partial charge is 0.304 e. The average molecular weight is 647 g/mol. The van der Waals surface area contributed by atoms with E-state index >= 15 is 0 Å². The number of aliphatic carboxylic acids is 1. The zero-order valence-corrected chi connectivity index (χ0v) is 25.4. The number of ether oxygens (including phenoxy) is 2. The van der Waals surface area contributed by atoms with Crippen LogP contribution >= 0.6 is 10.8 Å². The highest BCUT2D eigenvalue weighted by molar-refractivity contribution is 8.22. The summed E-state index contributed by atoms with van der Waals surface area (Å²) in [7, 11) is -3.72. The molecule has 1 spiro atoms. The number of fused-ring (bicyclic) bond motifs is 2. The fourth-order valence-electron chi connectivity index (χ4n) is 6.24. The van der Waals surface area contributed by atoms with Crippen molar-refractivity contribution in [1.29, 1.82) is 0 Å². The molecule has 2 aliphatic rings. The van der Waals surface area contributed by atoms with Crippen LogP contribution in [0, 0.1) is 19.7 Å². The van der Waals surface area contributed by atoms with E-state index in [0.717, 1.165) is 11.6 Å². The first-order valence-electron chi connectivity index (χ1n) is 14.4. The van der Waals surface area contributed by atoms with Crippen molar-refractivity contribution in [2.45, 2.75) is 62.5 Å². The largest absolute Gasteiger partial charge is 0.484 e. The number of carboxylic acids is 1. The van der Waals surface area contributed by atoms with Gasteiger partial charge in [-0.2, -0.15) is 4.31 Å². The minimum Gasteiger partial charge on any atom is -0.484 e. The van der Waals surface area contributed by atoms with Crippen LogP contribution in [0.3, 0.4) is 0 Å². The van der Waals surface area contributed by atoms with Gasteiger partial charge in [0.25, 0.3) is 6.43 Å². The van der Waals surface area contributed by atoms with Gasteiger partial charge in [0.15, 0.2) is 5.65 Å². The van der Waals surface area contributed by atoms with E-state index in [2.05, 4.69) is 10.2 Å². The third-order valence-electron chi connectivity index (χ3n) is 8.72. The van der Waals surface area contributed by atoms with E-state index < -0.39 is 46.3 Å². The summed E-state index contributed by atoms with van der Waals surface area (Å²) in [5, 5.41) is 17.4. The lowest BCUT2D eigenvalue weighted by molar-refractivity contribution is -0.137. The zero-order chi connectivity index (χ0) is 32.1. The first kappa shape index (κ1) is 31.3. The molecule has 240 valence electrons. The molecule has 0 saturated carbocycles. The van der Waals surface area contributed by atoms with Gasteiger partial charge in [-0.05, 0) is 59.9 Å². The normalized spacial score (nSPS) is 19.2. The van der Waals surface area contributed by atoms with E-state index in [1.807, 2.05) is 19.1 Å². The molecule has 0 radical (unpaired) electrons. The van der Waals surface area contributed by atoms with Crippen molar-refractivity contribution in [3.8, 4) is 5.75 Å². The van der Waals surface area contributed by atoms with Gasteiger partial charge in [0.05, 0.1) is 26.2 Å². The number of rotatable bonds is 7. The van der Waals surface area contributed by atoms with Gasteiger partial charge >= 0.3 is 5.97 Å². The number of pyridine rings is 1. The number of aromatic nitrogens is 3. The molecule has 45 heavy (non-hydrogen) atoms. The molecular formula is C31H33F3N4O6S. The number of aryl methyl sites for hydroxylation is 2. The van der Waals surface area contributed by atoms with Crippen LogP contribution in [0.1, 0.15) is 65.2 Å². The Bertz CT molecular complexity index is 1760. The Kier molecular flexibility index (Phi) is 8.29. The molecule has 2 aromatic carbocycles. The number of hydrogen-bond acceptors (Lipinski definition) is 8. The Balaban J connectivity index is 1.41. The van der Waals surface area contributed by atoms with Crippen LogP contribution in [0.15, 0.2) is 53.6 Å². The highest BCUT2D eigenvalue weighted by atomic mass is 32.3. The van der Waals surface area contributed by atoms with E-state index in [-0.39, 0.29) is 35.8 Å². The van der Waals surface area contributed by atoms with Crippen molar-refractivity contribution in [2.24, 2.45) is 0 Å². The van der Waals surface area contributed by atoms with Gasteiger partial charge in [0.2, 0.25) is 5.82 Å². The van der Waals surface area contributed by atoms with Crippen LogP contribution in [0.4, 0.5) is 13.2 Å². The topological polar surface area (TPSA) is 130 Å². The molecule has 3 N–H and O–H groups in total. The summed E-state index contributed by atoms with van der Waals surface area (Å²) in [6.07, 6.45) is -0.724. The average Bonchev–Trinajstić information content (AvgIpc) is 3.41. The Morgan fingerprint density at radius 2 is 1.84 bits per heavy atom. The molecule has 10 nitrogen and oxygen atoms in total. The van der Waals surface area contributed by atoms with E-state index in [0.29, 0.717) is 48.3 Å². The molecule has 2 aliphatic heterocycles. The van der Waals surface area contributed by atoms with Gasteiger partial charge in [-0.25, -0.2) is 13.2 Å². The van der Waals surface area contributed by atoms with Crippen molar-refractivity contribution in [1.82, 2.24) is 18.9 Å². The highest BCUT2D eigenvalue weighted by Crippen LogP contribution is 2.59. The lowest BCUT2D eigenvalue weighted by Gasteiger charge is -2.44. The van der Waals surface area contributed by atoms with Gasteiger partial charge in [0.1, 0.15) is 22.1 Å². The lowest BCUT2D eigenvalue weighted by atomic mass is 9.85. The Morgan fingerprint density at radius 3 is 2.56 bits per heavy atom. The lowest BCUT2D eigenvalue weighted by Crippen LogP contribution is -2.49. The van der Waals surface area contributed by atoms with Crippen molar-refractivity contribution in [3.05, 3.63) is 88.1 Å². The van der Waals surface area contributed by atoms with E-state index in [1.165, 1.54) is 27.0 Å². The monoisotopic (exact) mass is 646 g/mol. The molecule has 4 heterocycles. The van der Waals surface area contributed by atoms with Crippen molar-refractivity contribution < 1.29 is 41.7 Å². The summed E-state index contributed by atoms with van der Waals surface area (Å²) in [4.78, 5) is 12.0. The quantitative estimate of drug-likeness (QED) is 0.206. The van der Waals surface area contributed by atoms with Crippen LogP contribution in [0.5, 0.6) is 5.75 Å². The molecule has 0 amide bonds. The number of carboxylic acid groups (broad SMARTS) is 1. The summed E-state index contributed by atoms with van der Waals surface area (Å²) >= 11 is 0. The first-order chi connectivity index (χ1) is 21.4. The van der Waals surface area contributed by atoms with Crippen LogP contribution in [0.25, 0.3) is 5.65 Å². The van der Waals surface area contributed by atoms with Crippen LogP contribution in [-0.4, -0.2) is 64.4 Å². The maximum absolute atomic E-state index is 14.4. The molecule has 2 aromatic heterocycles. The summed E-state index contributed by atoms with van der Waals surface area (Å²) in [6, 6.07) is 10.8. The van der Waals surface area contributed by atoms with Gasteiger partial charge in [-0.1, -0.05) is 18.2 Å². The van der Waals surface area contributed by atoms with Crippen molar-refractivity contribution in [3.63, 3.8) is 0 Å². The van der Waals surface area contributed by atoms with E-state index in [4.69, 9.17) is 9.47 Å². The number of hydrogen-bond donors (Lipinski definition) is 3. The molecule has 1 saturated heterocycles. The number of carbonyl (C=O) groups is 1. The summed E-state index contributed by atoms with van der Waals surface area (Å²) in [6.45, 7) is 4.57. The molecule has 6 rings (SSSR count). The standard InChI is InChI=1S/C31H33F3N4O6S/c1-18-3-4-20(24(15-27(39)40)23-7-10-38-29(19(23)2)35-36-30(38)28(33)34)13-21(18)16-37-17-31(8-11-43-12-9-31)44-25-6-5-22(32)14-26(25)45(37,41)42/h3-7,10,13-14,24,28,41-42H,8-9,11-12,15-17H2,1-2H3,(H,39,40). The Hall–Kier alpha value is -3.69. The number of nitrogens with zero attached hydrogens (tertiary/aromatic N) is 4. The maximum atomic E-state index is 14.4. The molecule has 0 aliphatic carbocycles. The van der Waals surface area contributed by atoms with Gasteiger partial charge in [0, 0.05) is 37.6 Å². The molecule has 14 heteroatoms. The predicted molar refractivity (Wildman–Crippen MR) is 159 cm³/mol. The second-order valence-corrected chi connectivity index (χ2v) is 13.6.